The molecule has 0 spiro atoms. The summed E-state index contributed by atoms with van der Waals surface area (Å²) in [5.41, 5.74) is 1.80. The Bertz CT molecular complexity index is 633. The zero-order chi connectivity index (χ0) is 18.9. The molecule has 0 aromatic heterocycles. The van der Waals surface area contributed by atoms with E-state index >= 15 is 0 Å². The van der Waals surface area contributed by atoms with Crippen LogP contribution in [0.25, 0.3) is 0 Å². The average Bonchev–Trinajstić information content (AvgIpc) is 3.02. The summed E-state index contributed by atoms with van der Waals surface area (Å²) in [7, 11) is 2.31. The van der Waals surface area contributed by atoms with Crippen molar-refractivity contribution in [2.75, 3.05) is 13.6 Å². The van der Waals surface area contributed by atoms with Crippen molar-refractivity contribution >= 4 is 0 Å². The molecule has 3 heteroatoms. The van der Waals surface area contributed by atoms with Crippen molar-refractivity contribution in [2.45, 2.75) is 102 Å². The Balaban J connectivity index is 1.66. The largest absolute Gasteiger partial charge is 0.487 e. The maximum absolute atomic E-state index is 6.55. The van der Waals surface area contributed by atoms with Crippen molar-refractivity contribution in [3.63, 3.8) is 0 Å². The minimum absolute atomic E-state index is 0.169. The predicted molar refractivity (Wildman–Crippen MR) is 111 cm³/mol. The summed E-state index contributed by atoms with van der Waals surface area (Å²) in [6.45, 7) is 5.41. The molecule has 0 amide bonds. The third kappa shape index (κ3) is 3.85. The molecule has 3 aliphatic rings. The van der Waals surface area contributed by atoms with Crippen molar-refractivity contribution in [1.29, 1.82) is 0 Å². The van der Waals surface area contributed by atoms with E-state index in [2.05, 4.69) is 44.0 Å². The van der Waals surface area contributed by atoms with Crippen LogP contribution in [0.15, 0.2) is 18.2 Å². The number of ether oxygens (including phenoxy) is 2. The van der Waals surface area contributed by atoms with Crippen LogP contribution in [0.1, 0.15) is 83.6 Å². The smallest absolute Gasteiger partial charge is 0.161 e. The van der Waals surface area contributed by atoms with E-state index < -0.39 is 0 Å². The number of likely N-dealkylation sites (N-methyl/N-ethyl adjacent to an activating group) is 1. The summed E-state index contributed by atoms with van der Waals surface area (Å²) in [4.78, 5) is 2.60. The minimum atomic E-state index is 0.169. The maximum atomic E-state index is 6.55. The van der Waals surface area contributed by atoms with Gasteiger partial charge in [-0.1, -0.05) is 25.3 Å². The molecule has 1 aliphatic heterocycles. The van der Waals surface area contributed by atoms with Crippen molar-refractivity contribution in [3.05, 3.63) is 23.8 Å². The van der Waals surface area contributed by atoms with Gasteiger partial charge in [0.15, 0.2) is 11.5 Å². The second-order valence-corrected chi connectivity index (χ2v) is 9.35. The van der Waals surface area contributed by atoms with Gasteiger partial charge >= 0.3 is 0 Å². The van der Waals surface area contributed by atoms with Gasteiger partial charge in [-0.25, -0.2) is 0 Å². The van der Waals surface area contributed by atoms with E-state index in [4.69, 9.17) is 9.47 Å². The molecule has 1 aromatic rings. The van der Waals surface area contributed by atoms with Crippen LogP contribution in [-0.4, -0.2) is 36.7 Å². The molecular weight excluding hydrogens is 334 g/mol. The van der Waals surface area contributed by atoms with E-state index in [1.54, 1.807) is 0 Å². The van der Waals surface area contributed by atoms with Gasteiger partial charge in [0.1, 0.15) is 0 Å². The van der Waals surface area contributed by atoms with Crippen molar-refractivity contribution in [3.8, 4) is 11.5 Å². The summed E-state index contributed by atoms with van der Waals surface area (Å²) >= 11 is 0. The predicted octanol–water partition coefficient (Wildman–Crippen LogP) is 5.70. The topological polar surface area (TPSA) is 21.7 Å². The molecule has 4 rings (SSSR count). The quantitative estimate of drug-likeness (QED) is 0.662. The normalized spacial score (nSPS) is 29.7. The van der Waals surface area contributed by atoms with Crippen LogP contribution in [0, 0.1) is 0 Å². The Hall–Kier alpha value is -1.22. The first-order valence-electron chi connectivity index (χ1n) is 11.3. The summed E-state index contributed by atoms with van der Waals surface area (Å²) in [6.07, 6.45) is 13.5. The van der Waals surface area contributed by atoms with Gasteiger partial charge in [0.05, 0.1) is 12.2 Å². The van der Waals surface area contributed by atoms with E-state index in [0.717, 1.165) is 11.5 Å². The Labute approximate surface area is 165 Å². The fraction of sp³-hybridized carbons (Fsp3) is 0.750. The van der Waals surface area contributed by atoms with Crippen LogP contribution in [-0.2, 0) is 5.41 Å². The fourth-order valence-corrected chi connectivity index (χ4v) is 5.79. The van der Waals surface area contributed by atoms with Crippen LogP contribution in [0.4, 0.5) is 0 Å². The van der Waals surface area contributed by atoms with Gasteiger partial charge in [-0.05, 0) is 90.1 Å². The summed E-state index contributed by atoms with van der Waals surface area (Å²) in [5.74, 6) is 1.91. The first-order valence-corrected chi connectivity index (χ1v) is 11.3. The van der Waals surface area contributed by atoms with Crippen molar-refractivity contribution in [2.24, 2.45) is 0 Å². The summed E-state index contributed by atoms with van der Waals surface area (Å²) in [5, 5.41) is 0. The van der Waals surface area contributed by atoms with Gasteiger partial charge in [-0.2, -0.15) is 0 Å². The summed E-state index contributed by atoms with van der Waals surface area (Å²) < 4.78 is 12.7. The molecule has 2 saturated carbocycles. The molecule has 0 radical (unpaired) electrons. The lowest BCUT2D eigenvalue weighted by Crippen LogP contribution is -2.43. The highest BCUT2D eigenvalue weighted by Crippen LogP contribution is 2.50. The molecule has 27 heavy (non-hydrogen) atoms. The molecule has 0 N–H and O–H groups in total. The number of benzene rings is 1. The van der Waals surface area contributed by atoms with E-state index in [1.807, 2.05) is 0 Å². The number of hydrogen-bond donors (Lipinski definition) is 0. The second-order valence-electron chi connectivity index (χ2n) is 9.35. The molecule has 3 fully saturated rings. The standard InChI is InChI=1S/C24H37NO2/c1-18(2)26-21-13-12-19(17-22(21)27-20-9-5-4-6-10-20)24-14-8-7-11-23(24)25(3)16-15-24/h12-13,17-18,20,23H,4-11,14-16H2,1-3H3/t23-,24-/m0/s1. The molecule has 0 bridgehead atoms. The van der Waals surface area contributed by atoms with E-state index in [0.29, 0.717) is 17.6 Å². The lowest BCUT2D eigenvalue weighted by molar-refractivity contribution is 0.140. The third-order valence-corrected chi connectivity index (χ3v) is 7.16. The van der Waals surface area contributed by atoms with E-state index in [9.17, 15) is 0 Å². The SMILES string of the molecule is CC(C)Oc1ccc([C@@]23CCCC[C@@H]2N(C)CC3)cc1OC1CCCCC1. The minimum Gasteiger partial charge on any atom is -0.487 e. The third-order valence-electron chi connectivity index (χ3n) is 7.16. The highest BCUT2D eigenvalue weighted by atomic mass is 16.5. The monoisotopic (exact) mass is 371 g/mol. The zero-order valence-electron chi connectivity index (χ0n) is 17.5. The van der Waals surface area contributed by atoms with E-state index in [-0.39, 0.29) is 6.10 Å². The van der Waals surface area contributed by atoms with Gasteiger partial charge < -0.3 is 14.4 Å². The zero-order valence-corrected chi connectivity index (χ0v) is 17.5. The molecule has 1 saturated heterocycles. The Morgan fingerprint density at radius 3 is 2.52 bits per heavy atom. The van der Waals surface area contributed by atoms with Crippen molar-refractivity contribution < 1.29 is 9.47 Å². The molecular formula is C24H37NO2. The highest BCUT2D eigenvalue weighted by Gasteiger charge is 2.48. The Morgan fingerprint density at radius 2 is 1.74 bits per heavy atom. The van der Waals surface area contributed by atoms with Crippen molar-refractivity contribution in [1.82, 2.24) is 4.90 Å². The van der Waals surface area contributed by atoms with Crippen LogP contribution < -0.4 is 9.47 Å². The van der Waals surface area contributed by atoms with Crippen LogP contribution in [0.5, 0.6) is 11.5 Å². The van der Waals surface area contributed by atoms with Gasteiger partial charge in [0.2, 0.25) is 0 Å². The molecule has 1 heterocycles. The number of nitrogens with zero attached hydrogens (tertiary/aromatic N) is 1. The average molecular weight is 372 g/mol. The van der Waals surface area contributed by atoms with Gasteiger partial charge in [0.25, 0.3) is 0 Å². The Morgan fingerprint density at radius 1 is 0.963 bits per heavy atom. The molecule has 2 atom stereocenters. The molecule has 2 aliphatic carbocycles. The van der Waals surface area contributed by atoms with Gasteiger partial charge in [-0.15, -0.1) is 0 Å². The van der Waals surface area contributed by atoms with Gasteiger partial charge in [-0.3, -0.25) is 0 Å². The van der Waals surface area contributed by atoms with Gasteiger partial charge in [0, 0.05) is 11.5 Å². The lowest BCUT2D eigenvalue weighted by atomic mass is 9.66. The number of fused-ring (bicyclic) bond motifs is 1. The Kier molecular flexibility index (Phi) is 5.68. The van der Waals surface area contributed by atoms with E-state index in [1.165, 1.54) is 76.3 Å². The van der Waals surface area contributed by atoms with Crippen LogP contribution in [0.3, 0.4) is 0 Å². The maximum Gasteiger partial charge on any atom is 0.161 e. The lowest BCUT2D eigenvalue weighted by Gasteiger charge is -2.42. The molecule has 1 aromatic carbocycles. The fourth-order valence-electron chi connectivity index (χ4n) is 5.79. The molecule has 150 valence electrons. The molecule has 3 nitrogen and oxygen atoms in total. The number of rotatable bonds is 5. The van der Waals surface area contributed by atoms with Crippen LogP contribution >= 0.6 is 0 Å². The second kappa shape index (κ2) is 8.03. The highest BCUT2D eigenvalue weighted by molar-refractivity contribution is 5.47. The number of hydrogen-bond acceptors (Lipinski definition) is 3. The summed E-state index contributed by atoms with van der Waals surface area (Å²) in [6, 6.07) is 7.56. The molecule has 0 unspecified atom stereocenters. The van der Waals surface area contributed by atoms with Crippen LogP contribution in [0.2, 0.25) is 0 Å². The number of likely N-dealkylation sites (tertiary alicyclic amines) is 1. The first kappa shape index (κ1) is 19.1. The first-order chi connectivity index (χ1) is 13.1.